The molecule has 1 N–H and O–H groups in total. The molecule has 0 amide bonds. The fourth-order valence-corrected chi connectivity index (χ4v) is 1.92. The van der Waals surface area contributed by atoms with E-state index in [2.05, 4.69) is 23.3 Å². The number of aryl methyl sites for hydroxylation is 1. The number of benzene rings is 1. The topological polar surface area (TPSA) is 24.9 Å². The third-order valence-corrected chi connectivity index (χ3v) is 3.01. The number of hydrogen-bond acceptors (Lipinski definition) is 2. The molecule has 0 aliphatic heterocycles. The average molecular weight is 247 g/mol. The van der Waals surface area contributed by atoms with Crippen LogP contribution in [0.15, 0.2) is 42.6 Å². The fraction of sp³-hybridized carbons (Fsp3) is 0.214. The van der Waals surface area contributed by atoms with Crippen molar-refractivity contribution in [2.75, 3.05) is 5.32 Å². The van der Waals surface area contributed by atoms with Crippen LogP contribution in [0.1, 0.15) is 16.8 Å². The van der Waals surface area contributed by atoms with Gasteiger partial charge in [0, 0.05) is 17.8 Å². The summed E-state index contributed by atoms with van der Waals surface area (Å²) in [5.74, 6) is 0.518. The molecule has 1 aromatic carbocycles. The minimum atomic E-state index is 0.518. The second kappa shape index (κ2) is 5.69. The van der Waals surface area contributed by atoms with Gasteiger partial charge >= 0.3 is 0 Å². The Kier molecular flexibility index (Phi) is 3.99. The predicted molar refractivity (Wildman–Crippen MR) is 72.3 cm³/mol. The maximum absolute atomic E-state index is 5.89. The van der Waals surface area contributed by atoms with E-state index in [-0.39, 0.29) is 0 Å². The van der Waals surface area contributed by atoms with Gasteiger partial charge in [-0.05, 0) is 30.2 Å². The zero-order valence-electron chi connectivity index (χ0n) is 9.78. The summed E-state index contributed by atoms with van der Waals surface area (Å²) in [6.07, 6.45) is 1.82. The van der Waals surface area contributed by atoms with Crippen LogP contribution in [-0.2, 0) is 12.4 Å². The van der Waals surface area contributed by atoms with Gasteiger partial charge in [0.05, 0.1) is 12.2 Å². The van der Waals surface area contributed by atoms with Gasteiger partial charge in [0.15, 0.2) is 0 Å². The van der Waals surface area contributed by atoms with E-state index in [4.69, 9.17) is 11.6 Å². The van der Waals surface area contributed by atoms with E-state index < -0.39 is 0 Å². The molecule has 1 aromatic heterocycles. The number of aromatic nitrogens is 1. The second-order valence-corrected chi connectivity index (χ2v) is 4.18. The van der Waals surface area contributed by atoms with Gasteiger partial charge in [-0.25, -0.2) is 0 Å². The molecule has 0 bridgehead atoms. The minimum Gasteiger partial charge on any atom is -0.379 e. The van der Waals surface area contributed by atoms with Crippen LogP contribution >= 0.6 is 11.6 Å². The quantitative estimate of drug-likeness (QED) is 0.832. The SMILES string of the molecule is Cc1cccnc1CNc1ccccc1CCl. The van der Waals surface area contributed by atoms with Crippen molar-refractivity contribution in [2.24, 2.45) is 0 Å². The number of pyridine rings is 1. The third kappa shape index (κ3) is 2.98. The van der Waals surface area contributed by atoms with Crippen molar-refractivity contribution in [3.8, 4) is 0 Å². The van der Waals surface area contributed by atoms with Crippen molar-refractivity contribution in [3.05, 3.63) is 59.4 Å². The number of hydrogen-bond donors (Lipinski definition) is 1. The summed E-state index contributed by atoms with van der Waals surface area (Å²) in [4.78, 5) is 4.35. The number of anilines is 1. The van der Waals surface area contributed by atoms with Crippen LogP contribution in [0, 0.1) is 6.92 Å². The lowest BCUT2D eigenvalue weighted by atomic mass is 10.2. The van der Waals surface area contributed by atoms with Crippen molar-refractivity contribution < 1.29 is 0 Å². The fourth-order valence-electron chi connectivity index (χ4n) is 1.69. The maximum atomic E-state index is 5.89. The molecule has 2 rings (SSSR count). The van der Waals surface area contributed by atoms with Crippen LogP contribution in [-0.4, -0.2) is 4.98 Å². The molecule has 0 radical (unpaired) electrons. The van der Waals surface area contributed by atoms with Gasteiger partial charge in [-0.3, -0.25) is 4.98 Å². The molecule has 0 unspecified atom stereocenters. The summed E-state index contributed by atoms with van der Waals surface area (Å²) in [7, 11) is 0. The van der Waals surface area contributed by atoms with E-state index in [9.17, 15) is 0 Å². The van der Waals surface area contributed by atoms with Gasteiger partial charge in [-0.15, -0.1) is 11.6 Å². The van der Waals surface area contributed by atoms with Crippen LogP contribution in [0.4, 0.5) is 5.69 Å². The Hall–Kier alpha value is -1.54. The van der Waals surface area contributed by atoms with Crippen molar-refractivity contribution >= 4 is 17.3 Å². The number of nitrogens with zero attached hydrogens (tertiary/aromatic N) is 1. The Morgan fingerprint density at radius 1 is 1.18 bits per heavy atom. The molecule has 0 spiro atoms. The number of para-hydroxylation sites is 1. The van der Waals surface area contributed by atoms with Gasteiger partial charge in [-0.1, -0.05) is 24.3 Å². The Labute approximate surface area is 107 Å². The molecular weight excluding hydrogens is 232 g/mol. The van der Waals surface area contributed by atoms with Crippen LogP contribution in [0.2, 0.25) is 0 Å². The minimum absolute atomic E-state index is 0.518. The lowest BCUT2D eigenvalue weighted by Gasteiger charge is -2.11. The van der Waals surface area contributed by atoms with Crippen LogP contribution in [0.5, 0.6) is 0 Å². The first kappa shape index (κ1) is 11.9. The number of alkyl halides is 1. The first-order valence-electron chi connectivity index (χ1n) is 5.59. The highest BCUT2D eigenvalue weighted by Crippen LogP contribution is 2.18. The van der Waals surface area contributed by atoms with Gasteiger partial charge < -0.3 is 5.32 Å². The molecule has 2 nitrogen and oxygen atoms in total. The van der Waals surface area contributed by atoms with E-state index in [1.807, 2.05) is 36.5 Å². The molecule has 0 aliphatic carbocycles. The highest BCUT2D eigenvalue weighted by Gasteiger charge is 2.02. The van der Waals surface area contributed by atoms with E-state index in [0.29, 0.717) is 5.88 Å². The highest BCUT2D eigenvalue weighted by atomic mass is 35.5. The summed E-state index contributed by atoms with van der Waals surface area (Å²) in [6, 6.07) is 12.1. The van der Waals surface area contributed by atoms with E-state index in [1.165, 1.54) is 5.56 Å². The van der Waals surface area contributed by atoms with Crippen molar-refractivity contribution in [3.63, 3.8) is 0 Å². The molecule has 88 valence electrons. The van der Waals surface area contributed by atoms with Crippen LogP contribution in [0.3, 0.4) is 0 Å². The zero-order chi connectivity index (χ0) is 12.1. The molecule has 0 atom stereocenters. The molecule has 1 heterocycles. The van der Waals surface area contributed by atoms with E-state index in [1.54, 1.807) is 0 Å². The summed E-state index contributed by atoms with van der Waals surface area (Å²) < 4.78 is 0. The number of rotatable bonds is 4. The van der Waals surface area contributed by atoms with Crippen LogP contribution in [0.25, 0.3) is 0 Å². The maximum Gasteiger partial charge on any atom is 0.0623 e. The molecule has 0 saturated heterocycles. The molecule has 3 heteroatoms. The third-order valence-electron chi connectivity index (χ3n) is 2.73. The van der Waals surface area contributed by atoms with Gasteiger partial charge in [-0.2, -0.15) is 0 Å². The number of nitrogens with one attached hydrogen (secondary N) is 1. The molecule has 2 aromatic rings. The smallest absolute Gasteiger partial charge is 0.0623 e. The Morgan fingerprint density at radius 2 is 2.00 bits per heavy atom. The van der Waals surface area contributed by atoms with Crippen molar-refractivity contribution in [1.82, 2.24) is 4.98 Å². The second-order valence-electron chi connectivity index (χ2n) is 3.91. The number of halogens is 1. The monoisotopic (exact) mass is 246 g/mol. The summed E-state index contributed by atoms with van der Waals surface area (Å²) in [5, 5.41) is 3.37. The highest BCUT2D eigenvalue weighted by molar-refractivity contribution is 6.17. The Bertz CT molecular complexity index is 497. The molecule has 17 heavy (non-hydrogen) atoms. The summed E-state index contributed by atoms with van der Waals surface area (Å²) >= 11 is 5.89. The average Bonchev–Trinajstić information content (AvgIpc) is 2.38. The summed E-state index contributed by atoms with van der Waals surface area (Å²) in [6.45, 7) is 2.79. The largest absolute Gasteiger partial charge is 0.379 e. The predicted octanol–water partition coefficient (Wildman–Crippen LogP) is 3.74. The molecular formula is C14H15ClN2. The normalized spacial score (nSPS) is 10.2. The standard InChI is InChI=1S/C14H15ClN2/c1-11-5-4-8-16-14(11)10-17-13-7-3-2-6-12(13)9-15/h2-8,17H,9-10H2,1H3. The Morgan fingerprint density at radius 3 is 2.76 bits per heavy atom. The lowest BCUT2D eigenvalue weighted by molar-refractivity contribution is 1.01. The van der Waals surface area contributed by atoms with Gasteiger partial charge in [0.2, 0.25) is 0 Å². The van der Waals surface area contributed by atoms with Crippen LogP contribution < -0.4 is 5.32 Å². The first-order chi connectivity index (χ1) is 8.31. The lowest BCUT2D eigenvalue weighted by Crippen LogP contribution is -2.04. The first-order valence-corrected chi connectivity index (χ1v) is 6.13. The van der Waals surface area contributed by atoms with Crippen molar-refractivity contribution in [2.45, 2.75) is 19.3 Å². The zero-order valence-corrected chi connectivity index (χ0v) is 10.5. The molecule has 0 saturated carbocycles. The molecule has 0 fully saturated rings. The van der Waals surface area contributed by atoms with Gasteiger partial charge in [0.1, 0.15) is 0 Å². The Balaban J connectivity index is 2.10. The van der Waals surface area contributed by atoms with Gasteiger partial charge in [0.25, 0.3) is 0 Å². The van der Waals surface area contributed by atoms with Crippen molar-refractivity contribution in [1.29, 1.82) is 0 Å². The van der Waals surface area contributed by atoms with E-state index >= 15 is 0 Å². The van der Waals surface area contributed by atoms with E-state index in [0.717, 1.165) is 23.5 Å². The molecule has 0 aliphatic rings. The summed E-state index contributed by atoms with van der Waals surface area (Å²) in [5.41, 5.74) is 4.45.